The highest BCUT2D eigenvalue weighted by Gasteiger charge is 2.34. The van der Waals surface area contributed by atoms with E-state index in [4.69, 9.17) is 13.9 Å². The molecule has 1 aliphatic heterocycles. The maximum absolute atomic E-state index is 13.0. The molecule has 0 atom stereocenters. The molecule has 1 N–H and O–H groups in total. The SMILES string of the molecule is C=CCc1cc(/C=C2\NC(=O)N(Cc3ccc(C(=O)OC)o3)C2=O)cc(OC)c1OCc1ccc(Br)cc1Br. The Balaban J connectivity index is 1.57. The molecule has 4 rings (SSSR count). The molecule has 3 amide bonds. The third-order valence-electron chi connectivity index (χ3n) is 5.76. The number of nitrogens with zero attached hydrogens (tertiary/aromatic N) is 1. The molecule has 2 aromatic carbocycles. The number of halogens is 2. The maximum atomic E-state index is 13.0. The van der Waals surface area contributed by atoms with Crippen molar-refractivity contribution in [2.24, 2.45) is 0 Å². The highest BCUT2D eigenvalue weighted by Crippen LogP contribution is 2.36. The Bertz CT molecular complexity index is 1480. The molecule has 39 heavy (non-hydrogen) atoms. The second-order valence-electron chi connectivity index (χ2n) is 8.37. The predicted molar refractivity (Wildman–Crippen MR) is 150 cm³/mol. The molecular formula is C28H24Br2N2O7. The van der Waals surface area contributed by atoms with Crippen molar-refractivity contribution in [2.75, 3.05) is 14.2 Å². The Kier molecular flexibility index (Phi) is 8.93. The van der Waals surface area contributed by atoms with Gasteiger partial charge in [-0.3, -0.25) is 9.69 Å². The van der Waals surface area contributed by atoms with Gasteiger partial charge in [-0.2, -0.15) is 0 Å². The lowest BCUT2D eigenvalue weighted by Crippen LogP contribution is -2.30. The van der Waals surface area contributed by atoms with E-state index in [0.29, 0.717) is 30.1 Å². The zero-order chi connectivity index (χ0) is 28.1. The van der Waals surface area contributed by atoms with Crippen LogP contribution in [0.15, 0.2) is 74.2 Å². The second kappa shape index (κ2) is 12.4. The van der Waals surface area contributed by atoms with E-state index in [0.717, 1.165) is 25.0 Å². The fourth-order valence-corrected chi connectivity index (χ4v) is 5.05. The highest BCUT2D eigenvalue weighted by molar-refractivity contribution is 9.11. The van der Waals surface area contributed by atoms with Crippen LogP contribution in [0.4, 0.5) is 4.79 Å². The largest absolute Gasteiger partial charge is 0.493 e. The lowest BCUT2D eigenvalue weighted by molar-refractivity contribution is -0.123. The van der Waals surface area contributed by atoms with Gasteiger partial charge < -0.3 is 23.9 Å². The number of rotatable bonds is 10. The molecule has 1 aliphatic rings. The minimum Gasteiger partial charge on any atom is -0.493 e. The summed E-state index contributed by atoms with van der Waals surface area (Å²) in [6, 6.07) is 11.7. The molecule has 1 fully saturated rings. The fourth-order valence-electron chi connectivity index (χ4n) is 3.89. The zero-order valence-corrected chi connectivity index (χ0v) is 24.3. The fraction of sp³-hybridized carbons (Fsp3) is 0.179. The normalized spacial score (nSPS) is 13.9. The maximum Gasteiger partial charge on any atom is 0.373 e. The second-order valence-corrected chi connectivity index (χ2v) is 10.1. The van der Waals surface area contributed by atoms with Gasteiger partial charge in [0.25, 0.3) is 5.91 Å². The van der Waals surface area contributed by atoms with Gasteiger partial charge in [-0.1, -0.05) is 44.0 Å². The lowest BCUT2D eigenvalue weighted by Gasteiger charge is -2.16. The van der Waals surface area contributed by atoms with Crippen LogP contribution in [-0.4, -0.2) is 37.0 Å². The molecule has 0 radical (unpaired) electrons. The van der Waals surface area contributed by atoms with Crippen LogP contribution in [0.2, 0.25) is 0 Å². The van der Waals surface area contributed by atoms with Gasteiger partial charge in [0.1, 0.15) is 18.1 Å². The quantitative estimate of drug-likeness (QED) is 0.123. The van der Waals surface area contributed by atoms with Crippen LogP contribution in [0.3, 0.4) is 0 Å². The number of imide groups is 1. The van der Waals surface area contributed by atoms with Gasteiger partial charge in [0.2, 0.25) is 5.76 Å². The van der Waals surface area contributed by atoms with Crippen molar-refractivity contribution in [3.63, 3.8) is 0 Å². The highest BCUT2D eigenvalue weighted by atomic mass is 79.9. The van der Waals surface area contributed by atoms with Crippen molar-refractivity contribution in [1.82, 2.24) is 10.2 Å². The van der Waals surface area contributed by atoms with Crippen molar-refractivity contribution in [2.45, 2.75) is 19.6 Å². The molecule has 3 aromatic rings. The number of carbonyl (C=O) groups is 3. The van der Waals surface area contributed by atoms with E-state index in [1.54, 1.807) is 18.2 Å². The minimum absolute atomic E-state index is 0.0213. The van der Waals surface area contributed by atoms with Crippen LogP contribution in [0.5, 0.6) is 11.5 Å². The summed E-state index contributed by atoms with van der Waals surface area (Å²) in [6.07, 6.45) is 3.79. The monoisotopic (exact) mass is 658 g/mol. The van der Waals surface area contributed by atoms with Crippen molar-refractivity contribution in [1.29, 1.82) is 0 Å². The standard InChI is InChI=1S/C28H24Br2N2O7/c1-4-5-17-10-16(12-24(36-2)25(17)38-15-18-6-7-19(29)13-21(18)30)11-22-26(33)32(28(35)31-22)14-20-8-9-23(39-20)27(34)37-3/h4,6-13H,1,5,14-15H2,2-3H3,(H,31,35)/b22-11-. The van der Waals surface area contributed by atoms with E-state index < -0.39 is 17.9 Å². The first kappa shape index (κ1) is 28.2. The van der Waals surface area contributed by atoms with Crippen LogP contribution in [0.25, 0.3) is 6.08 Å². The average molecular weight is 660 g/mol. The van der Waals surface area contributed by atoms with E-state index in [1.165, 1.54) is 26.4 Å². The Morgan fingerprint density at radius 3 is 2.59 bits per heavy atom. The summed E-state index contributed by atoms with van der Waals surface area (Å²) in [6.45, 7) is 3.98. The number of amides is 3. The molecule has 2 heterocycles. The number of esters is 1. The molecule has 1 saturated heterocycles. The Morgan fingerprint density at radius 1 is 1.10 bits per heavy atom. The summed E-state index contributed by atoms with van der Waals surface area (Å²) in [7, 11) is 2.76. The predicted octanol–water partition coefficient (Wildman–Crippen LogP) is 6.00. The van der Waals surface area contributed by atoms with E-state index in [2.05, 4.69) is 48.5 Å². The summed E-state index contributed by atoms with van der Waals surface area (Å²) >= 11 is 7.00. The van der Waals surface area contributed by atoms with Crippen molar-refractivity contribution < 1.29 is 33.0 Å². The van der Waals surface area contributed by atoms with Gasteiger partial charge in [-0.15, -0.1) is 6.58 Å². The number of hydrogen-bond donors (Lipinski definition) is 1. The molecule has 9 nitrogen and oxygen atoms in total. The molecule has 0 aliphatic carbocycles. The van der Waals surface area contributed by atoms with Crippen molar-refractivity contribution >= 4 is 55.8 Å². The van der Waals surface area contributed by atoms with Crippen LogP contribution in [0, 0.1) is 0 Å². The molecule has 0 unspecified atom stereocenters. The molecular weight excluding hydrogens is 636 g/mol. The van der Waals surface area contributed by atoms with Crippen LogP contribution in [-0.2, 0) is 29.1 Å². The summed E-state index contributed by atoms with van der Waals surface area (Å²) in [5, 5.41) is 2.59. The average Bonchev–Trinajstić information content (AvgIpc) is 3.48. The molecule has 0 saturated carbocycles. The summed E-state index contributed by atoms with van der Waals surface area (Å²) < 4.78 is 23.6. The van der Waals surface area contributed by atoms with E-state index in [-0.39, 0.29) is 23.8 Å². The van der Waals surface area contributed by atoms with Crippen molar-refractivity contribution in [3.05, 3.63) is 98.0 Å². The van der Waals surface area contributed by atoms with Gasteiger partial charge in [0.15, 0.2) is 11.5 Å². The Labute approximate surface area is 241 Å². The first-order chi connectivity index (χ1) is 18.7. The van der Waals surface area contributed by atoms with Gasteiger partial charge in [-0.25, -0.2) is 9.59 Å². The zero-order valence-electron chi connectivity index (χ0n) is 21.1. The first-order valence-corrected chi connectivity index (χ1v) is 13.2. The van der Waals surface area contributed by atoms with E-state index in [9.17, 15) is 14.4 Å². The number of benzene rings is 2. The summed E-state index contributed by atoms with van der Waals surface area (Å²) in [4.78, 5) is 38.2. The number of methoxy groups -OCH3 is 2. The third-order valence-corrected chi connectivity index (χ3v) is 6.99. The molecule has 202 valence electrons. The number of furan rings is 1. The molecule has 11 heteroatoms. The van der Waals surface area contributed by atoms with E-state index in [1.807, 2.05) is 24.3 Å². The summed E-state index contributed by atoms with van der Waals surface area (Å²) in [5.41, 5.74) is 2.45. The first-order valence-electron chi connectivity index (χ1n) is 11.6. The minimum atomic E-state index is -0.653. The molecule has 0 spiro atoms. The van der Waals surface area contributed by atoms with Crippen molar-refractivity contribution in [3.8, 4) is 11.5 Å². The van der Waals surface area contributed by atoms with Crippen LogP contribution >= 0.6 is 31.9 Å². The number of carbonyl (C=O) groups excluding carboxylic acids is 3. The van der Waals surface area contributed by atoms with E-state index >= 15 is 0 Å². The number of allylic oxidation sites excluding steroid dienone is 1. The topological polar surface area (TPSA) is 107 Å². The molecule has 0 bridgehead atoms. The van der Waals surface area contributed by atoms with Gasteiger partial charge in [0.05, 0.1) is 20.8 Å². The number of nitrogens with one attached hydrogen (secondary N) is 1. The summed E-state index contributed by atoms with van der Waals surface area (Å²) in [5.74, 6) is 0.0628. The van der Waals surface area contributed by atoms with Gasteiger partial charge in [-0.05, 0) is 54.5 Å². The van der Waals surface area contributed by atoms with Gasteiger partial charge >= 0.3 is 12.0 Å². The number of ether oxygens (including phenoxy) is 3. The van der Waals surface area contributed by atoms with Gasteiger partial charge in [0, 0.05) is 20.1 Å². The molecule has 1 aromatic heterocycles. The smallest absolute Gasteiger partial charge is 0.373 e. The van der Waals surface area contributed by atoms with Crippen LogP contribution < -0.4 is 14.8 Å². The Morgan fingerprint density at radius 2 is 1.90 bits per heavy atom. The number of urea groups is 1. The Hall–Kier alpha value is -3.83. The lowest BCUT2D eigenvalue weighted by atomic mass is 10.0. The third kappa shape index (κ3) is 6.43. The number of hydrogen-bond acceptors (Lipinski definition) is 7. The van der Waals surface area contributed by atoms with Crippen LogP contribution in [0.1, 0.15) is 33.0 Å².